The molecular formula is C13H16BrN3O. The minimum atomic E-state index is -0.191. The van der Waals surface area contributed by atoms with E-state index in [4.69, 9.17) is 6.42 Å². The highest BCUT2D eigenvalue weighted by Gasteiger charge is 2.35. The molecule has 18 heavy (non-hydrogen) atoms. The summed E-state index contributed by atoms with van der Waals surface area (Å²) in [6, 6.07) is 0. The Labute approximate surface area is 115 Å². The number of terminal acetylenes is 1. The Kier molecular flexibility index (Phi) is 3.76. The summed E-state index contributed by atoms with van der Waals surface area (Å²) in [5.74, 6) is 2.41. The summed E-state index contributed by atoms with van der Waals surface area (Å²) in [6.45, 7) is 2.35. The summed E-state index contributed by atoms with van der Waals surface area (Å²) in [6.07, 6.45) is 11.4. The molecule has 96 valence electrons. The number of hydrogen-bond acceptors (Lipinski definition) is 3. The van der Waals surface area contributed by atoms with E-state index in [1.54, 1.807) is 6.20 Å². The van der Waals surface area contributed by atoms with Crippen LogP contribution in [0.3, 0.4) is 0 Å². The molecule has 0 aliphatic heterocycles. The first-order valence-electron chi connectivity index (χ1n) is 6.09. The summed E-state index contributed by atoms with van der Waals surface area (Å²) in [4.78, 5) is 12.0. The molecule has 1 saturated carbocycles. The van der Waals surface area contributed by atoms with E-state index < -0.39 is 0 Å². The van der Waals surface area contributed by atoms with E-state index in [-0.39, 0.29) is 17.6 Å². The van der Waals surface area contributed by atoms with Crippen LogP contribution in [0.5, 0.6) is 0 Å². The molecule has 1 aromatic heterocycles. The second-order valence-electron chi connectivity index (χ2n) is 4.65. The first-order chi connectivity index (χ1) is 8.62. The third kappa shape index (κ3) is 2.30. The normalized spacial score (nSPS) is 16.7. The van der Waals surface area contributed by atoms with Gasteiger partial charge in [0.15, 0.2) is 0 Å². The van der Waals surface area contributed by atoms with E-state index >= 15 is 0 Å². The van der Waals surface area contributed by atoms with Gasteiger partial charge in [-0.2, -0.15) is 5.10 Å². The average molecular weight is 310 g/mol. The fourth-order valence-electron chi connectivity index (χ4n) is 2.21. The minimum absolute atomic E-state index is 0.134. The zero-order valence-electron chi connectivity index (χ0n) is 10.4. The zero-order valence-corrected chi connectivity index (χ0v) is 12.0. The van der Waals surface area contributed by atoms with Crippen molar-refractivity contribution < 1.29 is 0 Å². The molecule has 1 aliphatic rings. The molecule has 0 spiro atoms. The topological polar surface area (TPSA) is 46.9 Å². The molecule has 0 bridgehead atoms. The zero-order chi connectivity index (χ0) is 13.2. The van der Waals surface area contributed by atoms with Crippen molar-refractivity contribution in [3.8, 4) is 12.3 Å². The number of nitrogens with one attached hydrogen (secondary N) is 1. The highest BCUT2D eigenvalue weighted by atomic mass is 79.9. The molecule has 1 fully saturated rings. The van der Waals surface area contributed by atoms with Crippen molar-refractivity contribution in [1.29, 1.82) is 0 Å². The van der Waals surface area contributed by atoms with Gasteiger partial charge in [-0.15, -0.1) is 6.42 Å². The molecule has 4 nitrogen and oxygen atoms in total. The summed E-state index contributed by atoms with van der Waals surface area (Å²) in [5.41, 5.74) is 0.702. The van der Waals surface area contributed by atoms with Crippen molar-refractivity contribution in [2.45, 2.75) is 44.7 Å². The number of halogens is 1. The maximum absolute atomic E-state index is 12.0. The SMILES string of the molecule is C#CCn1ncc(NC2(CC)CCC2)c(Br)c1=O. The molecular weight excluding hydrogens is 294 g/mol. The van der Waals surface area contributed by atoms with Gasteiger partial charge in [-0.25, -0.2) is 4.68 Å². The summed E-state index contributed by atoms with van der Waals surface area (Å²) >= 11 is 3.33. The number of rotatable bonds is 4. The lowest BCUT2D eigenvalue weighted by Crippen LogP contribution is -2.44. The molecule has 0 saturated heterocycles. The average Bonchev–Trinajstić information content (AvgIpc) is 2.33. The van der Waals surface area contributed by atoms with E-state index in [0.717, 1.165) is 24.9 Å². The third-order valence-corrected chi connectivity index (χ3v) is 4.38. The van der Waals surface area contributed by atoms with Gasteiger partial charge in [0.25, 0.3) is 5.56 Å². The van der Waals surface area contributed by atoms with Crippen LogP contribution in [-0.2, 0) is 6.54 Å². The van der Waals surface area contributed by atoms with Gasteiger partial charge < -0.3 is 5.32 Å². The van der Waals surface area contributed by atoms with Crippen molar-refractivity contribution >= 4 is 21.6 Å². The van der Waals surface area contributed by atoms with Crippen molar-refractivity contribution in [1.82, 2.24) is 9.78 Å². The van der Waals surface area contributed by atoms with Crippen LogP contribution in [0.15, 0.2) is 15.5 Å². The Balaban J connectivity index is 2.28. The Morgan fingerprint density at radius 1 is 1.67 bits per heavy atom. The molecule has 1 aliphatic carbocycles. The molecule has 2 rings (SSSR count). The van der Waals surface area contributed by atoms with Crippen LogP contribution in [0.1, 0.15) is 32.6 Å². The molecule has 5 heteroatoms. The fourth-order valence-corrected chi connectivity index (χ4v) is 2.61. The van der Waals surface area contributed by atoms with Gasteiger partial charge in [-0.3, -0.25) is 4.79 Å². The number of aromatic nitrogens is 2. The molecule has 0 amide bonds. The predicted octanol–water partition coefficient (Wildman–Crippen LogP) is 2.38. The Hall–Kier alpha value is -1.28. The van der Waals surface area contributed by atoms with Crippen molar-refractivity contribution in [2.75, 3.05) is 5.32 Å². The van der Waals surface area contributed by atoms with Crippen LogP contribution in [-0.4, -0.2) is 15.3 Å². The maximum Gasteiger partial charge on any atom is 0.284 e. The lowest BCUT2D eigenvalue weighted by atomic mass is 9.75. The molecule has 0 radical (unpaired) electrons. The smallest absolute Gasteiger partial charge is 0.284 e. The van der Waals surface area contributed by atoms with E-state index in [1.807, 2.05) is 0 Å². The molecule has 0 aromatic carbocycles. The molecule has 0 atom stereocenters. The maximum atomic E-state index is 12.0. The minimum Gasteiger partial charge on any atom is -0.377 e. The standard InChI is InChI=1S/C13H16BrN3O/c1-3-8-17-12(18)11(14)10(9-15-17)16-13(4-2)6-5-7-13/h1,9,16H,4-8H2,2H3. The Bertz CT molecular complexity index is 535. The van der Waals surface area contributed by atoms with Gasteiger partial charge >= 0.3 is 0 Å². The van der Waals surface area contributed by atoms with E-state index in [2.05, 4.69) is 39.2 Å². The summed E-state index contributed by atoms with van der Waals surface area (Å²) in [7, 11) is 0. The highest BCUT2D eigenvalue weighted by Crippen LogP contribution is 2.38. The van der Waals surface area contributed by atoms with Crippen LogP contribution in [0.25, 0.3) is 0 Å². The number of anilines is 1. The molecule has 1 heterocycles. The van der Waals surface area contributed by atoms with Crippen LogP contribution >= 0.6 is 15.9 Å². The van der Waals surface area contributed by atoms with Crippen molar-refractivity contribution in [3.63, 3.8) is 0 Å². The van der Waals surface area contributed by atoms with Crippen molar-refractivity contribution in [3.05, 3.63) is 21.0 Å². The van der Waals surface area contributed by atoms with Gasteiger partial charge in [0.2, 0.25) is 0 Å². The van der Waals surface area contributed by atoms with Crippen LogP contribution in [0.2, 0.25) is 0 Å². The number of hydrogen-bond donors (Lipinski definition) is 1. The van der Waals surface area contributed by atoms with Crippen LogP contribution < -0.4 is 10.9 Å². The largest absolute Gasteiger partial charge is 0.377 e. The first-order valence-corrected chi connectivity index (χ1v) is 6.88. The third-order valence-electron chi connectivity index (χ3n) is 3.61. The number of nitrogens with zero attached hydrogens (tertiary/aromatic N) is 2. The second kappa shape index (κ2) is 5.15. The molecule has 1 aromatic rings. The Morgan fingerprint density at radius 3 is 2.89 bits per heavy atom. The van der Waals surface area contributed by atoms with E-state index in [0.29, 0.717) is 4.47 Å². The quantitative estimate of drug-likeness (QED) is 0.869. The fraction of sp³-hybridized carbons (Fsp3) is 0.538. The second-order valence-corrected chi connectivity index (χ2v) is 5.44. The lowest BCUT2D eigenvalue weighted by molar-refractivity contribution is 0.269. The van der Waals surface area contributed by atoms with Gasteiger partial charge in [-0.05, 0) is 41.6 Å². The molecule has 0 unspecified atom stereocenters. The summed E-state index contributed by atoms with van der Waals surface area (Å²) < 4.78 is 1.78. The van der Waals surface area contributed by atoms with Gasteiger partial charge in [-0.1, -0.05) is 12.8 Å². The molecule has 1 N–H and O–H groups in total. The van der Waals surface area contributed by atoms with E-state index in [9.17, 15) is 4.79 Å². The van der Waals surface area contributed by atoms with Crippen LogP contribution in [0.4, 0.5) is 5.69 Å². The van der Waals surface area contributed by atoms with Crippen LogP contribution in [0, 0.1) is 12.3 Å². The van der Waals surface area contributed by atoms with Gasteiger partial charge in [0.05, 0.1) is 11.9 Å². The summed E-state index contributed by atoms with van der Waals surface area (Å²) in [5, 5.41) is 7.52. The van der Waals surface area contributed by atoms with Gasteiger partial charge in [0, 0.05) is 5.54 Å². The predicted molar refractivity (Wildman–Crippen MR) is 75.5 cm³/mol. The van der Waals surface area contributed by atoms with E-state index in [1.165, 1.54) is 11.1 Å². The van der Waals surface area contributed by atoms with Crippen molar-refractivity contribution in [2.24, 2.45) is 0 Å². The first kappa shape index (κ1) is 13.2. The van der Waals surface area contributed by atoms with Gasteiger partial charge in [0.1, 0.15) is 11.0 Å². The monoisotopic (exact) mass is 309 g/mol. The Morgan fingerprint density at radius 2 is 2.39 bits per heavy atom. The highest BCUT2D eigenvalue weighted by molar-refractivity contribution is 9.10. The lowest BCUT2D eigenvalue weighted by Gasteiger charge is -2.43.